The molecule has 1 saturated heterocycles. The maximum Gasteiger partial charge on any atom is 0.240 e. The fraction of sp³-hybridized carbons (Fsp3) is 0.250. The molecule has 3 aromatic rings. The summed E-state index contributed by atoms with van der Waals surface area (Å²) in [5.41, 5.74) is 2.22. The van der Waals surface area contributed by atoms with Crippen LogP contribution in [0.25, 0.3) is 11.1 Å². The molecule has 31 heavy (non-hydrogen) atoms. The van der Waals surface area contributed by atoms with Gasteiger partial charge in [0.05, 0.1) is 10.9 Å². The predicted molar refractivity (Wildman–Crippen MR) is 117 cm³/mol. The van der Waals surface area contributed by atoms with Crippen molar-refractivity contribution in [2.24, 2.45) is 0 Å². The molecule has 0 aromatic heterocycles. The average molecular weight is 443 g/mol. The van der Waals surface area contributed by atoms with E-state index >= 15 is 0 Å². The molecule has 0 spiro atoms. The Balaban J connectivity index is 1.53. The van der Waals surface area contributed by atoms with Crippen molar-refractivity contribution < 1.29 is 17.2 Å². The van der Waals surface area contributed by atoms with Gasteiger partial charge in [0, 0.05) is 18.2 Å². The molecule has 1 fully saturated rings. The smallest absolute Gasteiger partial charge is 0.240 e. The molecule has 0 bridgehead atoms. The molecule has 7 heteroatoms. The lowest BCUT2D eigenvalue weighted by atomic mass is 10.0. The third-order valence-corrected chi connectivity index (χ3v) is 7.08. The second-order valence-electron chi connectivity index (χ2n) is 7.67. The van der Waals surface area contributed by atoms with E-state index in [1.54, 1.807) is 24.3 Å². The normalized spacial score (nSPS) is 15.8. The first-order valence-corrected chi connectivity index (χ1v) is 11.8. The molecule has 0 radical (unpaired) electrons. The number of likely N-dealkylation sites (tertiary alicyclic amines) is 1. The third-order valence-electron chi connectivity index (χ3n) is 5.64. The predicted octanol–water partition coefficient (Wildman–Crippen LogP) is 4.75. The highest BCUT2D eigenvalue weighted by atomic mass is 32.2. The molecule has 162 valence electrons. The lowest BCUT2D eigenvalue weighted by Crippen LogP contribution is -2.37. The Morgan fingerprint density at radius 1 is 0.871 bits per heavy atom. The number of hydrogen-bond acceptors (Lipinski definition) is 3. The summed E-state index contributed by atoms with van der Waals surface area (Å²) in [5.74, 6) is -1.32. The summed E-state index contributed by atoms with van der Waals surface area (Å²) < 4.78 is 56.2. The number of hydrogen-bond donors (Lipinski definition) is 1. The zero-order valence-corrected chi connectivity index (χ0v) is 17.8. The lowest BCUT2D eigenvalue weighted by Gasteiger charge is -2.28. The van der Waals surface area contributed by atoms with E-state index in [1.807, 2.05) is 35.2 Å². The summed E-state index contributed by atoms with van der Waals surface area (Å²) in [7, 11) is -3.79. The Morgan fingerprint density at radius 3 is 2.16 bits per heavy atom. The topological polar surface area (TPSA) is 49.4 Å². The fourth-order valence-electron chi connectivity index (χ4n) is 3.99. The lowest BCUT2D eigenvalue weighted by molar-refractivity contribution is 0.241. The van der Waals surface area contributed by atoms with Crippen LogP contribution in [0.15, 0.2) is 77.7 Å². The monoisotopic (exact) mass is 442 g/mol. The number of sulfonamides is 1. The first-order chi connectivity index (χ1) is 14.9. The minimum atomic E-state index is -3.79. The molecule has 1 aliphatic heterocycles. The summed E-state index contributed by atoms with van der Waals surface area (Å²) in [6.45, 7) is 1.50. The van der Waals surface area contributed by atoms with Crippen LogP contribution < -0.4 is 4.72 Å². The van der Waals surface area contributed by atoms with Crippen molar-refractivity contribution in [1.82, 2.24) is 9.62 Å². The minimum Gasteiger partial charge on any atom is -0.295 e. The average Bonchev–Trinajstić information content (AvgIpc) is 3.30. The molecule has 0 unspecified atom stereocenters. The van der Waals surface area contributed by atoms with Crippen LogP contribution in [0.2, 0.25) is 0 Å². The molecular weight excluding hydrogens is 418 g/mol. The summed E-state index contributed by atoms with van der Waals surface area (Å²) in [6, 6.07) is 19.3. The molecule has 0 aliphatic carbocycles. The molecular formula is C24H24F2N2O2S. The van der Waals surface area contributed by atoms with Crippen LogP contribution in [0, 0.1) is 11.6 Å². The van der Waals surface area contributed by atoms with Gasteiger partial charge in [0.2, 0.25) is 10.0 Å². The Labute approximate surface area is 181 Å². The first-order valence-electron chi connectivity index (χ1n) is 10.3. The van der Waals surface area contributed by atoms with Gasteiger partial charge in [-0.3, -0.25) is 4.90 Å². The van der Waals surface area contributed by atoms with Gasteiger partial charge in [-0.25, -0.2) is 21.9 Å². The molecule has 4 rings (SSSR count). The van der Waals surface area contributed by atoms with Crippen LogP contribution in [-0.2, 0) is 10.0 Å². The number of benzene rings is 3. The van der Waals surface area contributed by atoms with Gasteiger partial charge in [0.15, 0.2) is 0 Å². The number of nitrogens with zero attached hydrogens (tertiary/aromatic N) is 1. The zero-order chi connectivity index (χ0) is 21.8. The van der Waals surface area contributed by atoms with Crippen molar-refractivity contribution in [3.63, 3.8) is 0 Å². The quantitative estimate of drug-likeness (QED) is 0.575. The summed E-state index contributed by atoms with van der Waals surface area (Å²) in [6.07, 6.45) is 1.93. The number of rotatable bonds is 7. The van der Waals surface area contributed by atoms with E-state index < -0.39 is 27.7 Å². The first kappa shape index (κ1) is 21.6. The Hall–Kier alpha value is -2.61. The van der Waals surface area contributed by atoms with Gasteiger partial charge < -0.3 is 0 Å². The van der Waals surface area contributed by atoms with E-state index in [2.05, 4.69) is 4.72 Å². The zero-order valence-electron chi connectivity index (χ0n) is 17.0. The van der Waals surface area contributed by atoms with Crippen LogP contribution in [0.5, 0.6) is 0 Å². The molecule has 1 heterocycles. The van der Waals surface area contributed by atoms with Gasteiger partial charge >= 0.3 is 0 Å². The standard InChI is InChI=1S/C24H24F2N2O2S/c25-20-10-13-22(23(26)16-20)24(28-14-4-5-15-28)17-27-31(29,30)21-11-8-19(9-12-21)18-6-2-1-3-7-18/h1-3,6-13,16,24,27H,4-5,14-15,17H2/t24-/m1/s1. The summed E-state index contributed by atoms with van der Waals surface area (Å²) in [4.78, 5) is 2.18. The van der Waals surface area contributed by atoms with E-state index in [0.717, 1.165) is 43.1 Å². The van der Waals surface area contributed by atoms with E-state index in [-0.39, 0.29) is 11.4 Å². The molecule has 3 aromatic carbocycles. The summed E-state index contributed by atoms with van der Waals surface area (Å²) >= 11 is 0. The maximum absolute atomic E-state index is 14.5. The van der Waals surface area contributed by atoms with Crippen molar-refractivity contribution >= 4 is 10.0 Å². The van der Waals surface area contributed by atoms with Crippen molar-refractivity contribution in [2.75, 3.05) is 19.6 Å². The van der Waals surface area contributed by atoms with Crippen molar-refractivity contribution in [3.05, 3.63) is 90.0 Å². The van der Waals surface area contributed by atoms with Crippen LogP contribution in [0.1, 0.15) is 24.4 Å². The van der Waals surface area contributed by atoms with Crippen molar-refractivity contribution in [3.8, 4) is 11.1 Å². The highest BCUT2D eigenvalue weighted by Gasteiger charge is 2.28. The highest BCUT2D eigenvalue weighted by molar-refractivity contribution is 7.89. The molecule has 4 nitrogen and oxygen atoms in total. The fourth-order valence-corrected chi connectivity index (χ4v) is 5.03. The maximum atomic E-state index is 14.5. The van der Waals surface area contributed by atoms with Gasteiger partial charge in [-0.05, 0) is 55.3 Å². The van der Waals surface area contributed by atoms with E-state index in [0.29, 0.717) is 5.56 Å². The van der Waals surface area contributed by atoms with Gasteiger partial charge in [0.1, 0.15) is 11.6 Å². The number of nitrogens with one attached hydrogen (secondary N) is 1. The van der Waals surface area contributed by atoms with Crippen LogP contribution in [-0.4, -0.2) is 33.0 Å². The minimum absolute atomic E-state index is 0.00528. The van der Waals surface area contributed by atoms with Crippen molar-refractivity contribution in [2.45, 2.75) is 23.8 Å². The van der Waals surface area contributed by atoms with Crippen LogP contribution >= 0.6 is 0 Å². The molecule has 0 saturated carbocycles. The van der Waals surface area contributed by atoms with E-state index in [4.69, 9.17) is 0 Å². The highest BCUT2D eigenvalue weighted by Crippen LogP contribution is 2.28. The second kappa shape index (κ2) is 9.26. The second-order valence-corrected chi connectivity index (χ2v) is 9.43. The van der Waals surface area contributed by atoms with Gasteiger partial charge in [0.25, 0.3) is 0 Å². The summed E-state index contributed by atoms with van der Waals surface area (Å²) in [5, 5.41) is 0. The van der Waals surface area contributed by atoms with Crippen molar-refractivity contribution in [1.29, 1.82) is 0 Å². The Morgan fingerprint density at radius 2 is 1.52 bits per heavy atom. The molecule has 1 aliphatic rings. The molecule has 0 amide bonds. The third kappa shape index (κ3) is 5.01. The Bertz CT molecular complexity index is 1130. The molecule has 1 atom stereocenters. The van der Waals surface area contributed by atoms with Gasteiger partial charge in [-0.1, -0.05) is 48.5 Å². The SMILES string of the molecule is O=S(=O)(NC[C@H](c1ccc(F)cc1F)N1CCCC1)c1ccc(-c2ccccc2)cc1. The molecule has 1 N–H and O–H groups in total. The van der Waals surface area contributed by atoms with E-state index in [9.17, 15) is 17.2 Å². The number of halogens is 2. The van der Waals surface area contributed by atoms with Crippen LogP contribution in [0.4, 0.5) is 8.78 Å². The van der Waals surface area contributed by atoms with Crippen LogP contribution in [0.3, 0.4) is 0 Å². The van der Waals surface area contributed by atoms with Gasteiger partial charge in [-0.2, -0.15) is 0 Å². The largest absolute Gasteiger partial charge is 0.295 e. The Kier molecular flexibility index (Phi) is 6.46. The van der Waals surface area contributed by atoms with E-state index in [1.165, 1.54) is 12.1 Å². The van der Waals surface area contributed by atoms with Gasteiger partial charge in [-0.15, -0.1) is 0 Å².